The van der Waals surface area contributed by atoms with Crippen molar-refractivity contribution in [3.05, 3.63) is 0 Å². The van der Waals surface area contributed by atoms with Crippen molar-refractivity contribution >= 4 is 5.97 Å². The summed E-state index contributed by atoms with van der Waals surface area (Å²) in [5.74, 6) is -2.02. The summed E-state index contributed by atoms with van der Waals surface area (Å²) in [7, 11) is 0. The molecule has 1 spiro atoms. The van der Waals surface area contributed by atoms with Crippen LogP contribution in [0.4, 0.5) is 4.39 Å². The van der Waals surface area contributed by atoms with Gasteiger partial charge < -0.3 is 4.74 Å². The zero-order valence-electron chi connectivity index (χ0n) is 8.64. The van der Waals surface area contributed by atoms with Crippen molar-refractivity contribution in [1.29, 1.82) is 0 Å². The van der Waals surface area contributed by atoms with Crippen LogP contribution in [0.2, 0.25) is 0 Å². The Bertz CT molecular complexity index is 242. The SMILES string of the molecule is CC1(F)CCC2(CCCCC2)C(=O)O1. The first-order valence-corrected chi connectivity index (χ1v) is 5.47. The minimum atomic E-state index is -1.72. The van der Waals surface area contributed by atoms with E-state index < -0.39 is 5.85 Å². The average molecular weight is 200 g/mol. The van der Waals surface area contributed by atoms with Crippen molar-refractivity contribution in [2.45, 2.75) is 57.7 Å². The van der Waals surface area contributed by atoms with E-state index in [4.69, 9.17) is 4.74 Å². The molecular formula is C11H17FO2. The monoisotopic (exact) mass is 200 g/mol. The van der Waals surface area contributed by atoms with E-state index in [2.05, 4.69) is 0 Å². The first kappa shape index (κ1) is 9.94. The van der Waals surface area contributed by atoms with Gasteiger partial charge in [0.25, 0.3) is 0 Å². The van der Waals surface area contributed by atoms with Gasteiger partial charge in [0.05, 0.1) is 5.41 Å². The molecule has 0 radical (unpaired) electrons. The summed E-state index contributed by atoms with van der Waals surface area (Å²) in [4.78, 5) is 11.7. The van der Waals surface area contributed by atoms with Gasteiger partial charge in [0, 0.05) is 13.3 Å². The standard InChI is InChI=1S/C11H17FO2/c1-10(12)7-8-11(9(13)14-10)5-3-2-4-6-11/h2-8H2,1H3. The Morgan fingerprint density at radius 1 is 1.14 bits per heavy atom. The molecule has 1 unspecified atom stereocenters. The summed E-state index contributed by atoms with van der Waals surface area (Å²) in [6.07, 6.45) is 6.17. The number of hydrogen-bond acceptors (Lipinski definition) is 2. The molecule has 0 N–H and O–H groups in total. The third kappa shape index (κ3) is 1.64. The number of carbonyl (C=O) groups excluding carboxylic acids is 1. The molecule has 1 aliphatic heterocycles. The zero-order valence-corrected chi connectivity index (χ0v) is 8.64. The predicted molar refractivity (Wildman–Crippen MR) is 50.4 cm³/mol. The molecule has 0 aromatic carbocycles. The van der Waals surface area contributed by atoms with Crippen molar-refractivity contribution in [3.8, 4) is 0 Å². The molecule has 2 aliphatic rings. The van der Waals surface area contributed by atoms with Gasteiger partial charge in [-0.3, -0.25) is 4.79 Å². The summed E-state index contributed by atoms with van der Waals surface area (Å²) in [5.41, 5.74) is -0.330. The first-order valence-electron chi connectivity index (χ1n) is 5.47. The minimum Gasteiger partial charge on any atom is -0.428 e. The summed E-state index contributed by atoms with van der Waals surface area (Å²) in [6.45, 7) is 1.35. The van der Waals surface area contributed by atoms with Crippen LogP contribution in [0.1, 0.15) is 51.9 Å². The van der Waals surface area contributed by atoms with E-state index in [-0.39, 0.29) is 11.4 Å². The second-order valence-corrected chi connectivity index (χ2v) is 4.83. The lowest BCUT2D eigenvalue weighted by molar-refractivity contribution is -0.210. The summed E-state index contributed by atoms with van der Waals surface area (Å²) in [6, 6.07) is 0. The molecule has 0 aromatic heterocycles. The van der Waals surface area contributed by atoms with Crippen LogP contribution in [0, 0.1) is 5.41 Å². The number of rotatable bonds is 0. The summed E-state index contributed by atoms with van der Waals surface area (Å²) >= 11 is 0. The van der Waals surface area contributed by atoms with Crippen molar-refractivity contribution in [2.24, 2.45) is 5.41 Å². The van der Waals surface area contributed by atoms with E-state index in [1.807, 2.05) is 0 Å². The van der Waals surface area contributed by atoms with Gasteiger partial charge in [-0.2, -0.15) is 4.39 Å². The quantitative estimate of drug-likeness (QED) is 0.562. The van der Waals surface area contributed by atoms with Crippen LogP contribution in [0.5, 0.6) is 0 Å². The van der Waals surface area contributed by atoms with Crippen molar-refractivity contribution < 1.29 is 13.9 Å². The number of esters is 1. The molecule has 0 aromatic rings. The van der Waals surface area contributed by atoms with Crippen LogP contribution in [-0.4, -0.2) is 11.8 Å². The molecule has 2 rings (SSSR count). The lowest BCUT2D eigenvalue weighted by atomic mass is 9.69. The van der Waals surface area contributed by atoms with E-state index in [1.165, 1.54) is 13.3 Å². The van der Waals surface area contributed by atoms with Gasteiger partial charge in [-0.25, -0.2) is 0 Å². The number of halogens is 1. The van der Waals surface area contributed by atoms with E-state index in [0.717, 1.165) is 25.7 Å². The third-order valence-corrected chi connectivity index (χ3v) is 3.60. The molecule has 2 fully saturated rings. The summed E-state index contributed by atoms with van der Waals surface area (Å²) < 4.78 is 18.3. The molecule has 2 nitrogen and oxygen atoms in total. The molecule has 0 bridgehead atoms. The largest absolute Gasteiger partial charge is 0.428 e. The van der Waals surface area contributed by atoms with Crippen LogP contribution in [-0.2, 0) is 9.53 Å². The maximum absolute atomic E-state index is 13.4. The van der Waals surface area contributed by atoms with Crippen LogP contribution < -0.4 is 0 Å². The highest BCUT2D eigenvalue weighted by molar-refractivity contribution is 5.78. The van der Waals surface area contributed by atoms with Crippen LogP contribution in [0.25, 0.3) is 0 Å². The Kier molecular flexibility index (Phi) is 2.28. The van der Waals surface area contributed by atoms with Crippen LogP contribution in [0.15, 0.2) is 0 Å². The molecule has 1 saturated heterocycles. The van der Waals surface area contributed by atoms with Gasteiger partial charge >= 0.3 is 5.97 Å². The Hall–Kier alpha value is -0.600. The van der Waals surface area contributed by atoms with Gasteiger partial charge in [-0.1, -0.05) is 19.3 Å². The van der Waals surface area contributed by atoms with Crippen molar-refractivity contribution in [3.63, 3.8) is 0 Å². The molecule has 14 heavy (non-hydrogen) atoms. The van der Waals surface area contributed by atoms with E-state index >= 15 is 0 Å². The normalized spacial score (nSPS) is 36.9. The Morgan fingerprint density at radius 2 is 1.79 bits per heavy atom. The Labute approximate surface area is 83.8 Å². The van der Waals surface area contributed by atoms with Gasteiger partial charge in [0.15, 0.2) is 0 Å². The fourth-order valence-electron chi connectivity index (χ4n) is 2.60. The molecule has 3 heteroatoms. The van der Waals surface area contributed by atoms with Gasteiger partial charge in [-0.05, 0) is 19.3 Å². The first-order chi connectivity index (χ1) is 6.54. The Morgan fingerprint density at radius 3 is 2.36 bits per heavy atom. The number of ether oxygens (including phenoxy) is 1. The van der Waals surface area contributed by atoms with Gasteiger partial charge in [0.1, 0.15) is 0 Å². The smallest absolute Gasteiger partial charge is 0.314 e. The highest BCUT2D eigenvalue weighted by Crippen LogP contribution is 2.47. The second-order valence-electron chi connectivity index (χ2n) is 4.83. The second kappa shape index (κ2) is 3.21. The molecule has 0 amide bonds. The molecular weight excluding hydrogens is 183 g/mol. The van der Waals surface area contributed by atoms with Crippen molar-refractivity contribution in [1.82, 2.24) is 0 Å². The topological polar surface area (TPSA) is 26.3 Å². The molecule has 1 heterocycles. The molecule has 1 atom stereocenters. The number of carbonyl (C=O) groups is 1. The number of hydrogen-bond donors (Lipinski definition) is 0. The van der Waals surface area contributed by atoms with E-state index in [0.29, 0.717) is 12.8 Å². The number of cyclic esters (lactones) is 1. The molecule has 1 aliphatic carbocycles. The predicted octanol–water partition coefficient (Wildman–Crippen LogP) is 2.96. The maximum atomic E-state index is 13.4. The maximum Gasteiger partial charge on any atom is 0.314 e. The lowest BCUT2D eigenvalue weighted by Gasteiger charge is -2.41. The van der Waals surface area contributed by atoms with Gasteiger partial charge in [-0.15, -0.1) is 0 Å². The van der Waals surface area contributed by atoms with Crippen LogP contribution >= 0.6 is 0 Å². The zero-order chi connectivity index (χ0) is 10.2. The molecule has 1 saturated carbocycles. The Balaban J connectivity index is 2.10. The highest BCUT2D eigenvalue weighted by Gasteiger charge is 2.49. The highest BCUT2D eigenvalue weighted by atomic mass is 19.2. The average Bonchev–Trinajstić information content (AvgIpc) is 2.14. The van der Waals surface area contributed by atoms with Crippen molar-refractivity contribution in [2.75, 3.05) is 0 Å². The third-order valence-electron chi connectivity index (χ3n) is 3.60. The fraction of sp³-hybridized carbons (Fsp3) is 0.909. The van der Waals surface area contributed by atoms with E-state index in [9.17, 15) is 9.18 Å². The fourth-order valence-corrected chi connectivity index (χ4v) is 2.60. The van der Waals surface area contributed by atoms with Gasteiger partial charge in [0.2, 0.25) is 5.85 Å². The number of alkyl halides is 1. The lowest BCUT2D eigenvalue weighted by Crippen LogP contribution is -2.45. The van der Waals surface area contributed by atoms with Crippen LogP contribution in [0.3, 0.4) is 0 Å². The summed E-state index contributed by atoms with van der Waals surface area (Å²) in [5, 5.41) is 0. The minimum absolute atomic E-state index is 0.298. The van der Waals surface area contributed by atoms with E-state index in [1.54, 1.807) is 0 Å². The molecule has 80 valence electrons.